The summed E-state index contributed by atoms with van der Waals surface area (Å²) in [7, 11) is 0. The van der Waals surface area contributed by atoms with Crippen LogP contribution in [0.1, 0.15) is 33.4 Å². The van der Waals surface area contributed by atoms with Gasteiger partial charge < -0.3 is 53.2 Å². The van der Waals surface area contributed by atoms with Gasteiger partial charge in [0.05, 0.1) is 0 Å². The van der Waals surface area contributed by atoms with Crippen LogP contribution >= 0.6 is 0 Å². The molecule has 4 fully saturated rings. The van der Waals surface area contributed by atoms with E-state index in [1.807, 2.05) is 0 Å². The Hall–Kier alpha value is -2.98. The fourth-order valence-electron chi connectivity index (χ4n) is 10.2. The van der Waals surface area contributed by atoms with Crippen LogP contribution in [-0.4, -0.2) is 239 Å². The first-order chi connectivity index (χ1) is 35.7. The molecule has 16 heteroatoms. The molecular weight excluding hydrogens is 897 g/mol. The highest BCUT2D eigenvalue weighted by molar-refractivity contribution is 5.24. The first kappa shape index (κ1) is 56.7. The molecule has 72 heavy (non-hydrogen) atoms. The van der Waals surface area contributed by atoms with E-state index in [9.17, 15) is 0 Å². The van der Waals surface area contributed by atoms with E-state index in [-0.39, 0.29) is 0 Å². The van der Waals surface area contributed by atoms with E-state index in [0.29, 0.717) is 0 Å². The van der Waals surface area contributed by atoms with E-state index >= 15 is 0 Å². The number of hydrogen-bond acceptors (Lipinski definition) is 16. The smallest absolute Gasteiger partial charge is 0.0234 e. The molecular formula is C56H98N16. The van der Waals surface area contributed by atoms with Crippen LogP contribution in [0.2, 0.25) is 0 Å². The van der Waals surface area contributed by atoms with Gasteiger partial charge in [0.15, 0.2) is 0 Å². The van der Waals surface area contributed by atoms with E-state index in [1.54, 1.807) is 0 Å². The minimum atomic E-state index is 0.988. The van der Waals surface area contributed by atoms with E-state index in [0.717, 1.165) is 249 Å². The second kappa shape index (κ2) is 35.3. The second-order valence-corrected chi connectivity index (χ2v) is 20.6. The third-order valence-electron chi connectivity index (χ3n) is 14.7. The average molecular weight is 996 g/mol. The van der Waals surface area contributed by atoms with Gasteiger partial charge in [-0.3, -0.25) is 29.4 Å². The van der Waals surface area contributed by atoms with Crippen LogP contribution in [0, 0.1) is 0 Å². The minimum Gasteiger partial charge on any atom is -0.314 e. The van der Waals surface area contributed by atoms with Crippen LogP contribution < -0.4 is 53.2 Å². The fraction of sp³-hybridized carbons (Fsp3) is 0.679. The molecule has 0 saturated carbocycles. The Morgan fingerprint density at radius 3 is 0.431 bits per heavy atom. The first-order valence-corrected chi connectivity index (χ1v) is 28.3. The van der Waals surface area contributed by atoms with Crippen LogP contribution in [0.3, 0.4) is 0 Å². The van der Waals surface area contributed by atoms with Gasteiger partial charge in [0, 0.05) is 249 Å². The molecule has 3 aromatic carbocycles. The predicted molar refractivity (Wildman–Crippen MR) is 300 cm³/mol. The van der Waals surface area contributed by atoms with Crippen LogP contribution in [-0.2, 0) is 39.3 Å². The van der Waals surface area contributed by atoms with Crippen molar-refractivity contribution in [1.82, 2.24) is 82.6 Å². The van der Waals surface area contributed by atoms with Crippen molar-refractivity contribution in [3.05, 3.63) is 106 Å². The summed E-state index contributed by atoms with van der Waals surface area (Å²) >= 11 is 0. The molecule has 4 aliphatic rings. The van der Waals surface area contributed by atoms with Crippen molar-refractivity contribution in [3.8, 4) is 0 Å². The van der Waals surface area contributed by atoms with Crippen LogP contribution in [0.5, 0.6) is 0 Å². The van der Waals surface area contributed by atoms with Gasteiger partial charge >= 0.3 is 0 Å². The average Bonchev–Trinajstić information content (AvgIpc) is 3.37. The van der Waals surface area contributed by atoms with Gasteiger partial charge in [0.1, 0.15) is 0 Å². The lowest BCUT2D eigenvalue weighted by atomic mass is 10.1. The van der Waals surface area contributed by atoms with Gasteiger partial charge in [0.25, 0.3) is 0 Å². The summed E-state index contributed by atoms with van der Waals surface area (Å²) in [4.78, 5) is 15.6. The van der Waals surface area contributed by atoms with Crippen LogP contribution in [0.4, 0.5) is 0 Å². The van der Waals surface area contributed by atoms with E-state index < -0.39 is 0 Å². The standard InChI is InChI=1S/C56H98N16/c1-5-53(6-2-51(1)45-67-33-21-59-17-13-57-14-18-60-22-34-67)47-69-37-25-63-29-41-71(42-30-64-26-38-69)49-55-9-11-56(12-10-55)50-72-43-31-65-27-39-70(40-28-66-32-44-72)48-54-7-3-52(4-8-54)46-68-35-23-61-19-15-58-16-20-62-24-36-68/h1-12,57-66H,13-50H2. The number of rotatable bonds is 12. The monoisotopic (exact) mass is 995 g/mol. The Kier molecular flexibility index (Phi) is 27.8. The molecule has 4 saturated heterocycles. The maximum Gasteiger partial charge on any atom is 0.0234 e. The first-order valence-electron chi connectivity index (χ1n) is 28.3. The largest absolute Gasteiger partial charge is 0.314 e. The third-order valence-corrected chi connectivity index (χ3v) is 14.7. The molecule has 4 heterocycles. The SMILES string of the molecule is c1cc(CN2CCNCCN(Cc3ccc(CN4CCNCCN(Cc5ccc(CN6CCNCCNCCNCC6)cc5)CCNCC4)cc3)CCNCC2)ccc1CN1CCNCCNCCNCC1. The van der Waals surface area contributed by atoms with Crippen molar-refractivity contribution in [1.29, 1.82) is 0 Å². The van der Waals surface area contributed by atoms with Gasteiger partial charge in [-0.2, -0.15) is 0 Å². The van der Waals surface area contributed by atoms with E-state index in [1.165, 1.54) is 33.4 Å². The highest BCUT2D eigenvalue weighted by atomic mass is 15.2. The summed E-state index contributed by atoms with van der Waals surface area (Å²) in [6, 6.07) is 28.3. The molecule has 0 unspecified atom stereocenters. The van der Waals surface area contributed by atoms with Crippen molar-refractivity contribution < 1.29 is 0 Å². The molecule has 0 amide bonds. The fourth-order valence-corrected chi connectivity index (χ4v) is 10.2. The van der Waals surface area contributed by atoms with Gasteiger partial charge in [-0.1, -0.05) is 72.8 Å². The molecule has 0 aromatic heterocycles. The molecule has 402 valence electrons. The summed E-state index contributed by atoms with van der Waals surface area (Å²) in [5.74, 6) is 0. The summed E-state index contributed by atoms with van der Waals surface area (Å²) < 4.78 is 0. The van der Waals surface area contributed by atoms with E-state index in [2.05, 4.69) is 155 Å². The zero-order chi connectivity index (χ0) is 49.4. The molecule has 7 rings (SSSR count). The Bertz CT molecular complexity index is 1620. The predicted octanol–water partition coefficient (Wildman–Crippen LogP) is -0.151. The minimum absolute atomic E-state index is 0.988. The molecule has 4 aliphatic heterocycles. The van der Waals surface area contributed by atoms with E-state index in [4.69, 9.17) is 0 Å². The highest BCUT2D eigenvalue weighted by Crippen LogP contribution is 2.14. The number of hydrogen-bond donors (Lipinski definition) is 10. The van der Waals surface area contributed by atoms with Crippen molar-refractivity contribution in [2.24, 2.45) is 0 Å². The van der Waals surface area contributed by atoms with Crippen molar-refractivity contribution in [3.63, 3.8) is 0 Å². The van der Waals surface area contributed by atoms with Crippen molar-refractivity contribution in [2.45, 2.75) is 39.3 Å². The third kappa shape index (κ3) is 23.7. The Labute approximate surface area is 435 Å². The Balaban J connectivity index is 0.768. The quantitative estimate of drug-likeness (QED) is 0.118. The maximum atomic E-state index is 3.78. The molecule has 0 radical (unpaired) electrons. The summed E-state index contributed by atoms with van der Waals surface area (Å²) in [5, 5.41) is 36.5. The van der Waals surface area contributed by atoms with Gasteiger partial charge in [-0.05, 0) is 33.4 Å². The van der Waals surface area contributed by atoms with Gasteiger partial charge in [-0.25, -0.2) is 0 Å². The Morgan fingerprint density at radius 2 is 0.292 bits per heavy atom. The second-order valence-electron chi connectivity index (χ2n) is 20.6. The summed E-state index contributed by atoms with van der Waals surface area (Å²) in [5.41, 5.74) is 8.42. The van der Waals surface area contributed by atoms with Crippen molar-refractivity contribution in [2.75, 3.05) is 209 Å². The van der Waals surface area contributed by atoms with Gasteiger partial charge in [0.2, 0.25) is 0 Å². The molecule has 3 aromatic rings. The highest BCUT2D eigenvalue weighted by Gasteiger charge is 2.15. The molecule has 0 bridgehead atoms. The topological polar surface area (TPSA) is 140 Å². The molecule has 0 aliphatic carbocycles. The number of benzene rings is 3. The Morgan fingerprint density at radius 1 is 0.181 bits per heavy atom. The maximum absolute atomic E-state index is 3.78. The molecule has 10 N–H and O–H groups in total. The normalized spacial score (nSPS) is 22.3. The molecule has 0 atom stereocenters. The van der Waals surface area contributed by atoms with Crippen LogP contribution in [0.15, 0.2) is 72.8 Å². The van der Waals surface area contributed by atoms with Crippen LogP contribution in [0.25, 0.3) is 0 Å². The zero-order valence-electron chi connectivity index (χ0n) is 44.5. The molecule has 0 spiro atoms. The summed E-state index contributed by atoms with van der Waals surface area (Å²) in [6.07, 6.45) is 0. The number of nitrogens with zero attached hydrogens (tertiary/aromatic N) is 6. The summed E-state index contributed by atoms with van der Waals surface area (Å²) in [6.45, 7) is 39.2. The zero-order valence-corrected chi connectivity index (χ0v) is 44.5. The lowest BCUT2D eigenvalue weighted by Gasteiger charge is -2.27. The lowest BCUT2D eigenvalue weighted by Crippen LogP contribution is -2.43. The molecule has 16 nitrogen and oxygen atoms in total. The van der Waals surface area contributed by atoms with Gasteiger partial charge in [-0.15, -0.1) is 0 Å². The lowest BCUT2D eigenvalue weighted by molar-refractivity contribution is 0.232. The number of nitrogens with one attached hydrogen (secondary N) is 10. The van der Waals surface area contributed by atoms with Crippen molar-refractivity contribution >= 4 is 0 Å².